The summed E-state index contributed by atoms with van der Waals surface area (Å²) in [5.74, 6) is 1.11. The van der Waals surface area contributed by atoms with Crippen LogP contribution in [-0.4, -0.2) is 46.9 Å². The molecule has 6 nitrogen and oxygen atoms in total. The van der Waals surface area contributed by atoms with E-state index in [2.05, 4.69) is 15.3 Å². The molecule has 0 spiro atoms. The molecule has 2 aliphatic rings. The zero-order valence-corrected chi connectivity index (χ0v) is 14.4. The monoisotopic (exact) mass is 353 g/mol. The van der Waals surface area contributed by atoms with Crippen molar-refractivity contribution in [3.05, 3.63) is 53.6 Å². The predicted octanol–water partition coefficient (Wildman–Crippen LogP) is 1.82. The molecule has 1 saturated heterocycles. The van der Waals surface area contributed by atoms with Crippen molar-refractivity contribution in [1.82, 2.24) is 19.9 Å². The van der Waals surface area contributed by atoms with Crippen LogP contribution in [0.25, 0.3) is 5.65 Å². The minimum Gasteiger partial charge on any atom is -0.484 e. The summed E-state index contributed by atoms with van der Waals surface area (Å²) in [5, 5.41) is 7.91. The van der Waals surface area contributed by atoms with E-state index in [1.165, 1.54) is 11.6 Å². The molecule has 1 N–H and O–H groups in total. The first-order chi connectivity index (χ1) is 12.8. The van der Waals surface area contributed by atoms with Gasteiger partial charge in [-0.3, -0.25) is 0 Å². The Labute approximate surface area is 150 Å². The molecule has 0 aliphatic carbocycles. The molecule has 26 heavy (non-hydrogen) atoms. The van der Waals surface area contributed by atoms with Crippen molar-refractivity contribution in [2.24, 2.45) is 0 Å². The lowest BCUT2D eigenvalue weighted by Crippen LogP contribution is -2.55. The summed E-state index contributed by atoms with van der Waals surface area (Å²) in [6, 6.07) is 8.50. The second-order valence-corrected chi connectivity index (χ2v) is 6.79. The predicted molar refractivity (Wildman–Crippen MR) is 96.3 cm³/mol. The number of fused-ring (bicyclic) bond motifs is 2. The average Bonchev–Trinajstić information content (AvgIpc) is 2.95. The Morgan fingerprint density at radius 3 is 2.85 bits per heavy atom. The van der Waals surface area contributed by atoms with Gasteiger partial charge in [0.05, 0.1) is 25.0 Å². The van der Waals surface area contributed by atoms with Gasteiger partial charge in [0.25, 0.3) is 0 Å². The van der Waals surface area contributed by atoms with Crippen LogP contribution in [0.3, 0.4) is 0 Å². The van der Waals surface area contributed by atoms with Crippen molar-refractivity contribution < 1.29 is 9.13 Å². The number of ether oxygens (including phenoxy) is 1. The molecule has 4 heterocycles. The van der Waals surface area contributed by atoms with Crippen molar-refractivity contribution in [3.63, 3.8) is 0 Å². The van der Waals surface area contributed by atoms with Crippen molar-refractivity contribution >= 4 is 11.5 Å². The first kappa shape index (κ1) is 15.6. The standard InChI is InChI=1S/C19H20FN5O/c20-15-3-1-2-4-17(15)26-13-11-24(12-13)19-14-5-8-21-9-6-16(14)23-18-7-10-22-25(18)19/h1-4,7,10,13,21H,5-6,8-9,11-12H2. The van der Waals surface area contributed by atoms with Crippen LogP contribution in [0.1, 0.15) is 11.3 Å². The number of halogens is 1. The second kappa shape index (κ2) is 6.25. The maximum atomic E-state index is 13.8. The van der Waals surface area contributed by atoms with Crippen LogP contribution >= 0.6 is 0 Å². The van der Waals surface area contributed by atoms with E-state index in [9.17, 15) is 4.39 Å². The average molecular weight is 353 g/mol. The van der Waals surface area contributed by atoms with E-state index in [0.29, 0.717) is 18.8 Å². The van der Waals surface area contributed by atoms with Gasteiger partial charge in [0, 0.05) is 24.6 Å². The molecule has 134 valence electrons. The number of nitrogens with one attached hydrogen (secondary N) is 1. The number of hydrogen-bond donors (Lipinski definition) is 1. The van der Waals surface area contributed by atoms with E-state index < -0.39 is 0 Å². The molecule has 0 atom stereocenters. The zero-order chi connectivity index (χ0) is 17.5. The van der Waals surface area contributed by atoms with Crippen LogP contribution < -0.4 is 15.0 Å². The van der Waals surface area contributed by atoms with E-state index in [1.54, 1.807) is 24.4 Å². The third-order valence-electron chi connectivity index (χ3n) is 5.06. The summed E-state index contributed by atoms with van der Waals surface area (Å²) in [5.41, 5.74) is 3.28. The van der Waals surface area contributed by atoms with Gasteiger partial charge in [0.15, 0.2) is 17.2 Å². The highest BCUT2D eigenvalue weighted by Gasteiger charge is 2.33. The fourth-order valence-corrected chi connectivity index (χ4v) is 3.75. The number of hydrogen-bond acceptors (Lipinski definition) is 5. The fraction of sp³-hybridized carbons (Fsp3) is 0.368. The van der Waals surface area contributed by atoms with E-state index in [0.717, 1.165) is 43.1 Å². The van der Waals surface area contributed by atoms with Crippen LogP contribution in [0.4, 0.5) is 10.2 Å². The first-order valence-corrected chi connectivity index (χ1v) is 9.02. The molecule has 0 radical (unpaired) electrons. The second-order valence-electron chi connectivity index (χ2n) is 6.79. The molecule has 7 heteroatoms. The van der Waals surface area contributed by atoms with Crippen LogP contribution in [0, 0.1) is 5.82 Å². The Bertz CT molecular complexity index is 950. The van der Waals surface area contributed by atoms with Crippen molar-refractivity contribution in [3.8, 4) is 5.75 Å². The van der Waals surface area contributed by atoms with Gasteiger partial charge in [0.1, 0.15) is 11.9 Å². The maximum absolute atomic E-state index is 13.8. The summed E-state index contributed by atoms with van der Waals surface area (Å²) < 4.78 is 21.5. The summed E-state index contributed by atoms with van der Waals surface area (Å²) in [7, 11) is 0. The molecule has 0 bridgehead atoms. The number of nitrogens with zero attached hydrogens (tertiary/aromatic N) is 4. The topological polar surface area (TPSA) is 54.7 Å². The van der Waals surface area contributed by atoms with E-state index in [1.807, 2.05) is 10.6 Å². The molecule has 3 aromatic rings. The Kier molecular flexibility index (Phi) is 3.74. The minimum atomic E-state index is -0.315. The third kappa shape index (κ3) is 2.59. The van der Waals surface area contributed by atoms with Crippen LogP contribution in [-0.2, 0) is 12.8 Å². The largest absolute Gasteiger partial charge is 0.484 e. The quantitative estimate of drug-likeness (QED) is 0.779. The summed E-state index contributed by atoms with van der Waals surface area (Å²) in [6.07, 6.45) is 3.62. The van der Waals surface area contributed by atoms with Crippen molar-refractivity contribution in [2.75, 3.05) is 31.1 Å². The zero-order valence-electron chi connectivity index (χ0n) is 14.4. The lowest BCUT2D eigenvalue weighted by Gasteiger charge is -2.41. The van der Waals surface area contributed by atoms with Crippen LogP contribution in [0.15, 0.2) is 36.5 Å². The summed E-state index contributed by atoms with van der Waals surface area (Å²) >= 11 is 0. The van der Waals surface area contributed by atoms with Gasteiger partial charge in [-0.15, -0.1) is 0 Å². The summed E-state index contributed by atoms with van der Waals surface area (Å²) in [6.45, 7) is 3.32. The first-order valence-electron chi connectivity index (χ1n) is 9.02. The van der Waals surface area contributed by atoms with Gasteiger partial charge in [-0.25, -0.2) is 9.37 Å². The van der Waals surface area contributed by atoms with E-state index in [4.69, 9.17) is 9.72 Å². The number of rotatable bonds is 3. The van der Waals surface area contributed by atoms with Gasteiger partial charge >= 0.3 is 0 Å². The molecule has 0 saturated carbocycles. The Morgan fingerprint density at radius 1 is 1.12 bits per heavy atom. The van der Waals surface area contributed by atoms with Crippen molar-refractivity contribution in [1.29, 1.82) is 0 Å². The Hall–Kier alpha value is -2.67. The molecule has 1 fully saturated rings. The number of aromatic nitrogens is 3. The number of benzene rings is 1. The molecule has 1 aromatic carbocycles. The van der Waals surface area contributed by atoms with Gasteiger partial charge < -0.3 is 15.0 Å². The molecule has 0 amide bonds. The minimum absolute atomic E-state index is 0.0229. The van der Waals surface area contributed by atoms with Crippen molar-refractivity contribution in [2.45, 2.75) is 18.9 Å². The van der Waals surface area contributed by atoms with E-state index >= 15 is 0 Å². The molecule has 2 aliphatic heterocycles. The lowest BCUT2D eigenvalue weighted by atomic mass is 10.1. The number of anilines is 1. The van der Waals surface area contributed by atoms with Gasteiger partial charge in [-0.2, -0.15) is 9.61 Å². The molecular formula is C19H20FN5O. The van der Waals surface area contributed by atoms with Gasteiger partial charge in [-0.1, -0.05) is 12.1 Å². The lowest BCUT2D eigenvalue weighted by molar-refractivity contribution is 0.159. The van der Waals surface area contributed by atoms with Gasteiger partial charge in [-0.05, 0) is 25.1 Å². The number of para-hydroxylation sites is 1. The molecular weight excluding hydrogens is 333 g/mol. The molecule has 0 unspecified atom stereocenters. The third-order valence-corrected chi connectivity index (χ3v) is 5.06. The highest BCUT2D eigenvalue weighted by atomic mass is 19.1. The molecule has 5 rings (SSSR count). The Balaban J connectivity index is 1.43. The van der Waals surface area contributed by atoms with Crippen LogP contribution in [0.2, 0.25) is 0 Å². The Morgan fingerprint density at radius 2 is 1.96 bits per heavy atom. The SMILES string of the molecule is Fc1ccccc1OC1CN(c2c3c(nc4ccnn24)CCNCC3)C1. The smallest absolute Gasteiger partial charge is 0.165 e. The highest BCUT2D eigenvalue weighted by Crippen LogP contribution is 2.31. The fourth-order valence-electron chi connectivity index (χ4n) is 3.75. The summed E-state index contributed by atoms with van der Waals surface area (Å²) in [4.78, 5) is 7.05. The maximum Gasteiger partial charge on any atom is 0.165 e. The normalized spacial score (nSPS) is 17.7. The van der Waals surface area contributed by atoms with Crippen LogP contribution in [0.5, 0.6) is 5.75 Å². The highest BCUT2D eigenvalue weighted by molar-refractivity contribution is 5.59. The van der Waals surface area contributed by atoms with E-state index in [-0.39, 0.29) is 11.9 Å². The molecule has 2 aromatic heterocycles. The van der Waals surface area contributed by atoms with Gasteiger partial charge in [0.2, 0.25) is 0 Å².